The summed E-state index contributed by atoms with van der Waals surface area (Å²) in [4.78, 5) is 72.9. The molecular formula is C78H152O17P2. The van der Waals surface area contributed by atoms with E-state index in [0.717, 1.165) is 89.9 Å². The van der Waals surface area contributed by atoms with Gasteiger partial charge in [0.05, 0.1) is 26.4 Å². The van der Waals surface area contributed by atoms with E-state index in [0.29, 0.717) is 25.7 Å². The predicted molar refractivity (Wildman–Crippen MR) is 395 cm³/mol. The van der Waals surface area contributed by atoms with Crippen LogP contribution in [0.5, 0.6) is 0 Å². The zero-order chi connectivity index (χ0) is 71.1. The molecule has 0 spiro atoms. The fourth-order valence-corrected chi connectivity index (χ4v) is 13.7. The van der Waals surface area contributed by atoms with Gasteiger partial charge in [0.2, 0.25) is 0 Å². The molecule has 0 rings (SSSR count). The maximum Gasteiger partial charge on any atom is 0.472 e. The molecule has 0 radical (unpaired) electrons. The van der Waals surface area contributed by atoms with E-state index in [1.165, 1.54) is 250 Å². The molecule has 0 aliphatic rings. The number of esters is 4. The molecule has 0 aliphatic heterocycles. The van der Waals surface area contributed by atoms with Crippen molar-refractivity contribution < 1.29 is 80.2 Å². The van der Waals surface area contributed by atoms with Gasteiger partial charge in [0.15, 0.2) is 12.2 Å². The zero-order valence-corrected chi connectivity index (χ0v) is 64.8. The minimum absolute atomic E-state index is 0.108. The molecule has 3 N–H and O–H groups in total. The Morgan fingerprint density at radius 3 is 0.608 bits per heavy atom. The van der Waals surface area contributed by atoms with Crippen LogP contribution in [0.3, 0.4) is 0 Å². The molecule has 0 aromatic carbocycles. The second kappa shape index (κ2) is 72.4. The molecular weight excluding hydrogens is 1270 g/mol. The van der Waals surface area contributed by atoms with Gasteiger partial charge in [-0.3, -0.25) is 37.3 Å². The minimum atomic E-state index is -4.96. The number of aliphatic hydroxyl groups excluding tert-OH is 1. The molecule has 0 heterocycles. The van der Waals surface area contributed by atoms with Crippen LogP contribution in [0.15, 0.2) is 0 Å². The molecule has 17 nitrogen and oxygen atoms in total. The molecule has 5 atom stereocenters. The number of phosphoric acid groups is 2. The molecule has 0 amide bonds. The van der Waals surface area contributed by atoms with Gasteiger partial charge < -0.3 is 33.8 Å². The van der Waals surface area contributed by atoms with Crippen LogP contribution in [0.25, 0.3) is 0 Å². The van der Waals surface area contributed by atoms with Crippen molar-refractivity contribution in [1.82, 2.24) is 0 Å². The molecule has 0 bridgehead atoms. The Hall–Kier alpha value is -1.94. The first-order chi connectivity index (χ1) is 47.2. The van der Waals surface area contributed by atoms with Gasteiger partial charge >= 0.3 is 39.5 Å². The van der Waals surface area contributed by atoms with E-state index in [-0.39, 0.29) is 25.7 Å². The summed E-state index contributed by atoms with van der Waals surface area (Å²) in [6.45, 7) is 5.01. The second-order valence-electron chi connectivity index (χ2n) is 28.1. The molecule has 97 heavy (non-hydrogen) atoms. The van der Waals surface area contributed by atoms with Crippen LogP contribution in [0.1, 0.15) is 419 Å². The van der Waals surface area contributed by atoms with E-state index in [2.05, 4.69) is 27.7 Å². The number of carbonyl (C=O) groups is 4. The number of phosphoric ester groups is 2. The Morgan fingerprint density at radius 1 is 0.247 bits per heavy atom. The Kier molecular flexibility index (Phi) is 71.0. The van der Waals surface area contributed by atoms with Gasteiger partial charge in [-0.2, -0.15) is 0 Å². The van der Waals surface area contributed by atoms with E-state index in [9.17, 15) is 43.2 Å². The van der Waals surface area contributed by atoms with E-state index in [1.807, 2.05) is 0 Å². The summed E-state index contributed by atoms with van der Waals surface area (Å²) >= 11 is 0. The fraction of sp³-hybridized carbons (Fsp3) is 0.949. The molecule has 2 unspecified atom stereocenters. The summed E-state index contributed by atoms with van der Waals surface area (Å²) < 4.78 is 68.6. The standard InChI is InChI=1S/C78H152O17P2/c1-5-9-13-17-21-25-29-33-34-35-36-37-38-39-41-45-49-53-57-61-65-78(83)95-74(69-89-76(81)63-59-55-51-47-44-40-30-26-22-18-14-10-6-2)71-93-97(86,87)91-67-72(79)66-90-96(84,85)92-70-73(94-77(82)64-60-56-52-48-43-32-28-24-20-16-12-8-4)68-88-75(80)62-58-54-50-46-42-31-27-23-19-15-11-7-3/h72-74,79H,5-71H2,1-4H3,(H,84,85)(H,86,87)/t72-,73+,74+/m0/s1. The van der Waals surface area contributed by atoms with Crippen LogP contribution >= 0.6 is 15.6 Å². The molecule has 0 aromatic rings. The highest BCUT2D eigenvalue weighted by molar-refractivity contribution is 7.47. The Balaban J connectivity index is 5.22. The first-order valence-electron chi connectivity index (χ1n) is 40.8. The lowest BCUT2D eigenvalue weighted by Gasteiger charge is -2.21. The van der Waals surface area contributed by atoms with Gasteiger partial charge in [-0.15, -0.1) is 0 Å². The Morgan fingerprint density at radius 2 is 0.412 bits per heavy atom. The third-order valence-electron chi connectivity index (χ3n) is 18.4. The lowest BCUT2D eigenvalue weighted by Crippen LogP contribution is -2.30. The Labute approximate surface area is 594 Å². The smallest absolute Gasteiger partial charge is 0.462 e. The maximum atomic E-state index is 13.1. The van der Waals surface area contributed by atoms with Crippen LogP contribution in [0, 0.1) is 0 Å². The van der Waals surface area contributed by atoms with Crippen molar-refractivity contribution in [1.29, 1.82) is 0 Å². The van der Waals surface area contributed by atoms with E-state index >= 15 is 0 Å². The molecule has 0 aromatic heterocycles. The zero-order valence-electron chi connectivity index (χ0n) is 63.1. The highest BCUT2D eigenvalue weighted by atomic mass is 31.2. The Bertz CT molecular complexity index is 1840. The van der Waals surface area contributed by atoms with Crippen molar-refractivity contribution in [3.8, 4) is 0 Å². The summed E-state index contributed by atoms with van der Waals surface area (Å²) in [5.41, 5.74) is 0. The molecule has 576 valence electrons. The van der Waals surface area contributed by atoms with Gasteiger partial charge in [0.25, 0.3) is 0 Å². The average molecular weight is 1420 g/mol. The first-order valence-corrected chi connectivity index (χ1v) is 43.8. The lowest BCUT2D eigenvalue weighted by atomic mass is 10.0. The highest BCUT2D eigenvalue weighted by Crippen LogP contribution is 2.45. The summed E-state index contributed by atoms with van der Waals surface area (Å²) in [5.74, 6) is -2.11. The van der Waals surface area contributed by atoms with E-state index in [1.54, 1.807) is 0 Å². The molecule has 0 aliphatic carbocycles. The normalized spacial score (nSPS) is 13.8. The van der Waals surface area contributed by atoms with Crippen LogP contribution in [0.2, 0.25) is 0 Å². The topological polar surface area (TPSA) is 237 Å². The van der Waals surface area contributed by atoms with Crippen molar-refractivity contribution in [2.75, 3.05) is 39.6 Å². The molecule has 0 saturated carbocycles. The second-order valence-corrected chi connectivity index (χ2v) is 31.0. The number of hydrogen-bond donors (Lipinski definition) is 3. The minimum Gasteiger partial charge on any atom is -0.462 e. The molecule has 19 heteroatoms. The van der Waals surface area contributed by atoms with Crippen LogP contribution in [-0.2, 0) is 65.4 Å². The summed E-state index contributed by atoms with van der Waals surface area (Å²) in [7, 11) is -9.91. The summed E-state index contributed by atoms with van der Waals surface area (Å²) in [5, 5.41) is 10.6. The first kappa shape index (κ1) is 95.1. The summed E-state index contributed by atoms with van der Waals surface area (Å²) in [6, 6.07) is 0. The lowest BCUT2D eigenvalue weighted by molar-refractivity contribution is -0.161. The van der Waals surface area contributed by atoms with Crippen molar-refractivity contribution >= 4 is 39.5 Å². The number of ether oxygens (including phenoxy) is 4. The number of rotatable bonds is 79. The van der Waals surface area contributed by atoms with Crippen molar-refractivity contribution in [2.45, 2.75) is 438 Å². The van der Waals surface area contributed by atoms with Crippen molar-refractivity contribution in [3.63, 3.8) is 0 Å². The summed E-state index contributed by atoms with van der Waals surface area (Å²) in [6.07, 6.45) is 63.7. The van der Waals surface area contributed by atoms with Crippen molar-refractivity contribution in [2.24, 2.45) is 0 Å². The molecule has 0 fully saturated rings. The quantitative estimate of drug-likeness (QED) is 0.0222. The number of unbranched alkanes of at least 4 members (excludes halogenated alkanes) is 53. The number of carbonyl (C=O) groups excluding carboxylic acids is 4. The monoisotopic (exact) mass is 1420 g/mol. The third-order valence-corrected chi connectivity index (χ3v) is 20.3. The van der Waals surface area contributed by atoms with Crippen LogP contribution in [-0.4, -0.2) is 96.7 Å². The number of aliphatic hydroxyl groups is 1. The van der Waals surface area contributed by atoms with Gasteiger partial charge in [0.1, 0.15) is 19.3 Å². The SMILES string of the molecule is CCCCCCCCCCCCCCCCCCCCCCC(=O)O[C@H](COC(=O)CCCCCCCCCCCCCCC)COP(=O)(O)OC[C@@H](O)COP(=O)(O)OC[C@@H](COC(=O)CCCCCCCCCCCCCC)OC(=O)CCCCCCCCCCCCCC. The fourth-order valence-electron chi connectivity index (χ4n) is 12.1. The van der Waals surface area contributed by atoms with Gasteiger partial charge in [-0.25, -0.2) is 9.13 Å². The third kappa shape index (κ3) is 72.2. The van der Waals surface area contributed by atoms with Gasteiger partial charge in [-0.05, 0) is 25.7 Å². The largest absolute Gasteiger partial charge is 0.472 e. The highest BCUT2D eigenvalue weighted by Gasteiger charge is 2.30. The molecule has 0 saturated heterocycles. The number of hydrogen-bond acceptors (Lipinski definition) is 15. The van der Waals surface area contributed by atoms with Crippen LogP contribution in [0.4, 0.5) is 0 Å². The van der Waals surface area contributed by atoms with Gasteiger partial charge in [-0.1, -0.05) is 368 Å². The van der Waals surface area contributed by atoms with E-state index in [4.69, 9.17) is 37.0 Å². The van der Waals surface area contributed by atoms with Crippen LogP contribution < -0.4 is 0 Å². The van der Waals surface area contributed by atoms with Gasteiger partial charge in [0, 0.05) is 25.7 Å². The average Bonchev–Trinajstić information content (AvgIpc) is 2.28. The van der Waals surface area contributed by atoms with E-state index < -0.39 is 97.5 Å². The predicted octanol–water partition coefficient (Wildman–Crippen LogP) is 23.4. The van der Waals surface area contributed by atoms with Crippen molar-refractivity contribution in [3.05, 3.63) is 0 Å². The maximum absolute atomic E-state index is 13.1.